The summed E-state index contributed by atoms with van der Waals surface area (Å²) in [6, 6.07) is 18.3. The lowest BCUT2D eigenvalue weighted by Crippen LogP contribution is -2.31. The Hall–Kier alpha value is -2.00. The second-order valence-corrected chi connectivity index (χ2v) is 4.94. The van der Waals surface area contributed by atoms with Crippen molar-refractivity contribution in [1.29, 1.82) is 0 Å². The van der Waals surface area contributed by atoms with E-state index in [-0.39, 0.29) is 6.10 Å². The van der Waals surface area contributed by atoms with Gasteiger partial charge in [-0.05, 0) is 17.7 Å². The monoisotopic (exact) mass is 269 g/mol. The van der Waals surface area contributed by atoms with Gasteiger partial charge in [0.25, 0.3) is 0 Å². The van der Waals surface area contributed by atoms with Crippen LogP contribution in [0, 0.1) is 0 Å². The molecule has 3 nitrogen and oxygen atoms in total. The van der Waals surface area contributed by atoms with E-state index in [4.69, 9.17) is 9.47 Å². The van der Waals surface area contributed by atoms with E-state index in [1.165, 1.54) is 5.56 Å². The van der Waals surface area contributed by atoms with Crippen LogP contribution in [0.3, 0.4) is 0 Å². The Morgan fingerprint density at radius 1 is 0.950 bits per heavy atom. The molecular formula is C17H19NO2. The first-order valence-electron chi connectivity index (χ1n) is 7.05. The molecule has 3 heteroatoms. The molecule has 0 radical (unpaired) electrons. The lowest BCUT2D eigenvalue weighted by molar-refractivity contribution is 0.187. The minimum atomic E-state index is 0.155. The zero-order valence-electron chi connectivity index (χ0n) is 11.4. The summed E-state index contributed by atoms with van der Waals surface area (Å²) in [6.07, 6.45) is 1.05. The Morgan fingerprint density at radius 2 is 1.70 bits per heavy atom. The van der Waals surface area contributed by atoms with Crippen LogP contribution in [0.15, 0.2) is 54.6 Å². The zero-order valence-corrected chi connectivity index (χ0v) is 11.4. The van der Waals surface area contributed by atoms with Gasteiger partial charge in [0, 0.05) is 19.5 Å². The number of fused-ring (bicyclic) bond motifs is 1. The van der Waals surface area contributed by atoms with Crippen LogP contribution in [0.5, 0.6) is 11.5 Å². The van der Waals surface area contributed by atoms with Crippen LogP contribution in [0.2, 0.25) is 0 Å². The average molecular weight is 269 g/mol. The van der Waals surface area contributed by atoms with Crippen molar-refractivity contribution >= 4 is 0 Å². The topological polar surface area (TPSA) is 30.5 Å². The van der Waals surface area contributed by atoms with Gasteiger partial charge in [-0.2, -0.15) is 0 Å². The van der Waals surface area contributed by atoms with Crippen molar-refractivity contribution in [3.8, 4) is 11.5 Å². The molecule has 104 valence electrons. The molecule has 3 rings (SSSR count). The van der Waals surface area contributed by atoms with E-state index in [0.29, 0.717) is 6.61 Å². The molecular weight excluding hydrogens is 250 g/mol. The van der Waals surface area contributed by atoms with Crippen LogP contribution in [0.25, 0.3) is 0 Å². The van der Waals surface area contributed by atoms with Crippen molar-refractivity contribution in [2.75, 3.05) is 13.2 Å². The van der Waals surface area contributed by atoms with Crippen LogP contribution in [-0.2, 0) is 6.54 Å². The molecule has 0 saturated carbocycles. The molecule has 0 aliphatic carbocycles. The summed E-state index contributed by atoms with van der Waals surface area (Å²) >= 11 is 0. The van der Waals surface area contributed by atoms with Gasteiger partial charge < -0.3 is 14.8 Å². The first kappa shape index (κ1) is 13.0. The van der Waals surface area contributed by atoms with Gasteiger partial charge in [-0.25, -0.2) is 0 Å². The number of rotatable bonds is 4. The highest BCUT2D eigenvalue weighted by Crippen LogP contribution is 2.30. The Bertz CT molecular complexity index is 542. The summed E-state index contributed by atoms with van der Waals surface area (Å²) in [5.74, 6) is 1.69. The van der Waals surface area contributed by atoms with Gasteiger partial charge in [0.1, 0.15) is 6.10 Å². The molecule has 2 aromatic rings. The highest BCUT2D eigenvalue weighted by Gasteiger charge is 2.17. The Labute approximate surface area is 119 Å². The smallest absolute Gasteiger partial charge is 0.161 e. The van der Waals surface area contributed by atoms with Gasteiger partial charge in [0.15, 0.2) is 11.5 Å². The molecule has 0 aromatic heterocycles. The Morgan fingerprint density at radius 3 is 2.55 bits per heavy atom. The number of nitrogens with one attached hydrogen (secondary N) is 1. The fourth-order valence-corrected chi connectivity index (χ4v) is 2.32. The largest absolute Gasteiger partial charge is 0.490 e. The Balaban J connectivity index is 1.54. The third-order valence-electron chi connectivity index (χ3n) is 3.38. The third-order valence-corrected chi connectivity index (χ3v) is 3.38. The first-order valence-corrected chi connectivity index (χ1v) is 7.05. The molecule has 20 heavy (non-hydrogen) atoms. The maximum atomic E-state index is 6.01. The van der Waals surface area contributed by atoms with Crippen LogP contribution in [-0.4, -0.2) is 19.3 Å². The molecule has 1 aliphatic rings. The average Bonchev–Trinajstić information content (AvgIpc) is 2.70. The lowest BCUT2D eigenvalue weighted by Gasteiger charge is -2.16. The van der Waals surface area contributed by atoms with Gasteiger partial charge in [-0.3, -0.25) is 0 Å². The van der Waals surface area contributed by atoms with Gasteiger partial charge in [0.2, 0.25) is 0 Å². The molecule has 0 bridgehead atoms. The molecule has 1 unspecified atom stereocenters. The van der Waals surface area contributed by atoms with Crippen molar-refractivity contribution in [3.05, 3.63) is 60.2 Å². The fourth-order valence-electron chi connectivity index (χ4n) is 2.32. The highest BCUT2D eigenvalue weighted by molar-refractivity contribution is 5.40. The summed E-state index contributed by atoms with van der Waals surface area (Å²) in [5, 5.41) is 3.45. The highest BCUT2D eigenvalue weighted by atomic mass is 16.5. The molecule has 1 aliphatic heterocycles. The predicted octanol–water partition coefficient (Wildman–Crippen LogP) is 3.01. The maximum absolute atomic E-state index is 6.01. The Kier molecular flexibility index (Phi) is 4.19. The van der Waals surface area contributed by atoms with Gasteiger partial charge in [-0.1, -0.05) is 42.5 Å². The van der Waals surface area contributed by atoms with Crippen LogP contribution in [0.4, 0.5) is 0 Å². The van der Waals surface area contributed by atoms with Crippen LogP contribution >= 0.6 is 0 Å². The van der Waals surface area contributed by atoms with Crippen molar-refractivity contribution in [2.24, 2.45) is 0 Å². The van der Waals surface area contributed by atoms with E-state index >= 15 is 0 Å². The molecule has 2 aromatic carbocycles. The lowest BCUT2D eigenvalue weighted by atomic mass is 10.2. The second-order valence-electron chi connectivity index (χ2n) is 4.94. The molecule has 0 saturated heterocycles. The summed E-state index contributed by atoms with van der Waals surface area (Å²) in [7, 11) is 0. The van der Waals surface area contributed by atoms with Gasteiger partial charge in [-0.15, -0.1) is 0 Å². The second kappa shape index (κ2) is 6.44. The van der Waals surface area contributed by atoms with Crippen LogP contribution < -0.4 is 14.8 Å². The maximum Gasteiger partial charge on any atom is 0.161 e. The number of ether oxygens (including phenoxy) is 2. The van der Waals surface area contributed by atoms with Crippen molar-refractivity contribution in [1.82, 2.24) is 5.32 Å². The molecule has 0 amide bonds. The van der Waals surface area contributed by atoms with E-state index in [1.54, 1.807) is 0 Å². The third kappa shape index (κ3) is 3.31. The summed E-state index contributed by atoms with van der Waals surface area (Å²) < 4.78 is 11.7. The minimum absolute atomic E-state index is 0.155. The molecule has 1 N–H and O–H groups in total. The van der Waals surface area contributed by atoms with Crippen molar-refractivity contribution in [2.45, 2.75) is 19.1 Å². The van der Waals surface area contributed by atoms with E-state index < -0.39 is 0 Å². The number of hydrogen-bond donors (Lipinski definition) is 1. The van der Waals surface area contributed by atoms with E-state index in [9.17, 15) is 0 Å². The quantitative estimate of drug-likeness (QED) is 0.925. The van der Waals surface area contributed by atoms with Crippen molar-refractivity contribution in [3.63, 3.8) is 0 Å². The summed E-state index contributed by atoms with van der Waals surface area (Å²) in [5.41, 5.74) is 1.29. The van der Waals surface area contributed by atoms with Crippen molar-refractivity contribution < 1.29 is 9.47 Å². The van der Waals surface area contributed by atoms with Crippen LogP contribution in [0.1, 0.15) is 12.0 Å². The van der Waals surface area contributed by atoms with E-state index in [1.807, 2.05) is 30.3 Å². The fraction of sp³-hybridized carbons (Fsp3) is 0.294. The number of benzene rings is 2. The summed E-state index contributed by atoms with van der Waals surface area (Å²) in [4.78, 5) is 0. The SMILES string of the molecule is c1ccc(CNCC2CCOc3ccccc3O2)cc1. The number of para-hydroxylation sites is 2. The molecule has 0 spiro atoms. The first-order chi connectivity index (χ1) is 9.92. The van der Waals surface area contributed by atoms with Gasteiger partial charge in [0.05, 0.1) is 6.61 Å². The minimum Gasteiger partial charge on any atom is -0.490 e. The van der Waals surface area contributed by atoms with E-state index in [0.717, 1.165) is 31.0 Å². The normalized spacial score (nSPS) is 17.5. The predicted molar refractivity (Wildman–Crippen MR) is 79.1 cm³/mol. The molecule has 1 atom stereocenters. The molecule has 1 heterocycles. The molecule has 0 fully saturated rings. The zero-order chi connectivity index (χ0) is 13.6. The standard InChI is InChI=1S/C17H19NO2/c1-2-6-14(7-3-1)12-18-13-15-10-11-19-16-8-4-5-9-17(16)20-15/h1-9,15,18H,10-13H2. The van der Waals surface area contributed by atoms with Gasteiger partial charge >= 0.3 is 0 Å². The number of hydrogen-bond acceptors (Lipinski definition) is 3. The van der Waals surface area contributed by atoms with E-state index in [2.05, 4.69) is 29.6 Å². The summed E-state index contributed by atoms with van der Waals surface area (Å²) in [6.45, 7) is 2.39.